The van der Waals surface area contributed by atoms with Crippen LogP contribution in [-0.4, -0.2) is 48.8 Å². The molecule has 98 valence electrons. The lowest BCUT2D eigenvalue weighted by atomic mass is 9.93. The molecule has 3 heteroatoms. The smallest absolute Gasteiger partial charge is 0.0480 e. The highest BCUT2D eigenvalue weighted by Gasteiger charge is 2.43. The van der Waals surface area contributed by atoms with Crippen molar-refractivity contribution in [3.63, 3.8) is 0 Å². The van der Waals surface area contributed by atoms with E-state index in [9.17, 15) is 0 Å². The second kappa shape index (κ2) is 5.25. The van der Waals surface area contributed by atoms with E-state index in [2.05, 4.69) is 17.1 Å². The van der Waals surface area contributed by atoms with Crippen LogP contribution in [0.15, 0.2) is 0 Å². The number of rotatable bonds is 3. The lowest BCUT2D eigenvalue weighted by molar-refractivity contribution is -0.00482. The third-order valence-electron chi connectivity index (χ3n) is 4.89. The first-order valence-corrected chi connectivity index (χ1v) is 7.47. The van der Waals surface area contributed by atoms with Crippen molar-refractivity contribution in [3.05, 3.63) is 0 Å². The van der Waals surface area contributed by atoms with E-state index in [1.165, 1.54) is 38.5 Å². The average Bonchev–Trinajstić information content (AvgIpc) is 2.63. The number of hydrogen-bond acceptors (Lipinski definition) is 3. The molecule has 0 spiro atoms. The summed E-state index contributed by atoms with van der Waals surface area (Å²) in [5.41, 5.74) is 0. The molecule has 0 saturated carbocycles. The van der Waals surface area contributed by atoms with Gasteiger partial charge in [0.25, 0.3) is 0 Å². The topological polar surface area (TPSA) is 24.5 Å². The first-order valence-electron chi connectivity index (χ1n) is 7.47. The molecule has 2 atom stereocenters. The van der Waals surface area contributed by atoms with Gasteiger partial charge in [-0.05, 0) is 45.1 Å². The van der Waals surface area contributed by atoms with Crippen LogP contribution >= 0.6 is 0 Å². The van der Waals surface area contributed by atoms with E-state index in [1.54, 1.807) is 0 Å². The summed E-state index contributed by atoms with van der Waals surface area (Å²) in [7, 11) is 0. The minimum absolute atomic E-state index is 0.786. The van der Waals surface area contributed by atoms with Crippen LogP contribution in [0.1, 0.15) is 45.4 Å². The maximum Gasteiger partial charge on any atom is 0.0480 e. The van der Waals surface area contributed by atoms with Crippen molar-refractivity contribution in [1.82, 2.24) is 10.2 Å². The molecule has 0 amide bonds. The third kappa shape index (κ3) is 2.38. The number of hydrogen-bond donors (Lipinski definition) is 1. The Hall–Kier alpha value is -0.120. The normalized spacial score (nSPS) is 39.7. The van der Waals surface area contributed by atoms with Crippen LogP contribution in [0.25, 0.3) is 0 Å². The summed E-state index contributed by atoms with van der Waals surface area (Å²) >= 11 is 0. The average molecular weight is 238 g/mol. The van der Waals surface area contributed by atoms with Crippen LogP contribution in [0.2, 0.25) is 0 Å². The number of ether oxygens (including phenoxy) is 1. The molecule has 3 saturated heterocycles. The van der Waals surface area contributed by atoms with Crippen LogP contribution in [-0.2, 0) is 4.74 Å². The Morgan fingerprint density at radius 2 is 1.65 bits per heavy atom. The molecule has 0 aliphatic carbocycles. The Labute approximate surface area is 105 Å². The standard InChI is InChI=1S/C14H26N2O/c1-2-15-11-9-13-3-4-14(10-11)16(13)12-5-7-17-8-6-12/h11-15H,2-10H2,1H3. The van der Waals surface area contributed by atoms with E-state index >= 15 is 0 Å². The molecule has 0 aromatic rings. The minimum atomic E-state index is 0.786. The monoisotopic (exact) mass is 238 g/mol. The van der Waals surface area contributed by atoms with Gasteiger partial charge in [-0.1, -0.05) is 6.92 Å². The Morgan fingerprint density at radius 1 is 1.00 bits per heavy atom. The van der Waals surface area contributed by atoms with Gasteiger partial charge in [-0.3, -0.25) is 4.90 Å². The molecular formula is C14H26N2O. The second-order valence-electron chi connectivity index (χ2n) is 5.90. The fourth-order valence-corrected chi connectivity index (χ4v) is 4.25. The van der Waals surface area contributed by atoms with Crippen molar-refractivity contribution in [2.45, 2.75) is 69.6 Å². The summed E-state index contributed by atoms with van der Waals surface area (Å²) in [5, 5.41) is 3.66. The van der Waals surface area contributed by atoms with Gasteiger partial charge in [-0.2, -0.15) is 0 Å². The van der Waals surface area contributed by atoms with E-state index in [-0.39, 0.29) is 0 Å². The van der Waals surface area contributed by atoms with E-state index in [1.807, 2.05) is 0 Å². The first kappa shape index (κ1) is 11.9. The van der Waals surface area contributed by atoms with Crippen molar-refractivity contribution in [2.75, 3.05) is 19.8 Å². The van der Waals surface area contributed by atoms with Gasteiger partial charge in [0.05, 0.1) is 0 Å². The molecule has 3 aliphatic rings. The quantitative estimate of drug-likeness (QED) is 0.811. The summed E-state index contributed by atoms with van der Waals surface area (Å²) in [5.74, 6) is 0. The van der Waals surface area contributed by atoms with Crippen molar-refractivity contribution < 1.29 is 4.74 Å². The van der Waals surface area contributed by atoms with Crippen LogP contribution in [0.4, 0.5) is 0 Å². The highest BCUT2D eigenvalue weighted by Crippen LogP contribution is 2.39. The number of nitrogens with one attached hydrogen (secondary N) is 1. The Morgan fingerprint density at radius 3 is 2.24 bits per heavy atom. The number of nitrogens with zero attached hydrogens (tertiary/aromatic N) is 1. The first-order chi connectivity index (χ1) is 8.38. The van der Waals surface area contributed by atoms with E-state index in [0.29, 0.717) is 0 Å². The van der Waals surface area contributed by atoms with E-state index < -0.39 is 0 Å². The molecule has 0 aromatic carbocycles. The fraction of sp³-hybridized carbons (Fsp3) is 1.00. The van der Waals surface area contributed by atoms with Crippen molar-refractivity contribution >= 4 is 0 Å². The second-order valence-corrected chi connectivity index (χ2v) is 5.90. The van der Waals surface area contributed by atoms with Gasteiger partial charge < -0.3 is 10.1 Å². The summed E-state index contributed by atoms with van der Waals surface area (Å²) in [4.78, 5) is 2.87. The maximum atomic E-state index is 5.50. The molecule has 3 nitrogen and oxygen atoms in total. The summed E-state index contributed by atoms with van der Waals surface area (Å²) in [6, 6.07) is 3.33. The lowest BCUT2D eigenvalue weighted by Gasteiger charge is -2.45. The van der Waals surface area contributed by atoms with Crippen LogP contribution < -0.4 is 5.32 Å². The minimum Gasteiger partial charge on any atom is -0.381 e. The van der Waals surface area contributed by atoms with Gasteiger partial charge >= 0.3 is 0 Å². The van der Waals surface area contributed by atoms with E-state index in [0.717, 1.165) is 43.9 Å². The molecule has 3 heterocycles. The molecule has 3 rings (SSSR count). The van der Waals surface area contributed by atoms with Gasteiger partial charge in [-0.15, -0.1) is 0 Å². The predicted octanol–water partition coefficient (Wildman–Crippen LogP) is 1.77. The van der Waals surface area contributed by atoms with Gasteiger partial charge in [0, 0.05) is 37.4 Å². The third-order valence-corrected chi connectivity index (χ3v) is 4.89. The van der Waals surface area contributed by atoms with Crippen molar-refractivity contribution in [2.24, 2.45) is 0 Å². The zero-order chi connectivity index (χ0) is 11.7. The molecule has 0 aromatic heterocycles. The van der Waals surface area contributed by atoms with Crippen molar-refractivity contribution in [3.8, 4) is 0 Å². The summed E-state index contributed by atoms with van der Waals surface area (Å²) in [6.45, 7) is 5.32. The molecule has 2 bridgehead atoms. The van der Waals surface area contributed by atoms with Gasteiger partial charge in [0.1, 0.15) is 0 Å². The lowest BCUT2D eigenvalue weighted by Crippen LogP contribution is -2.54. The highest BCUT2D eigenvalue weighted by molar-refractivity contribution is 5.00. The van der Waals surface area contributed by atoms with E-state index in [4.69, 9.17) is 4.74 Å². The highest BCUT2D eigenvalue weighted by atomic mass is 16.5. The zero-order valence-corrected chi connectivity index (χ0v) is 11.0. The van der Waals surface area contributed by atoms with Gasteiger partial charge in [0.2, 0.25) is 0 Å². The molecule has 17 heavy (non-hydrogen) atoms. The molecular weight excluding hydrogens is 212 g/mol. The largest absolute Gasteiger partial charge is 0.381 e. The predicted molar refractivity (Wildman–Crippen MR) is 69.2 cm³/mol. The number of fused-ring (bicyclic) bond motifs is 2. The summed E-state index contributed by atoms with van der Waals surface area (Å²) < 4.78 is 5.50. The maximum absolute atomic E-state index is 5.50. The SMILES string of the molecule is CCNC1CC2CCC(C1)N2C1CCOCC1. The fourth-order valence-electron chi connectivity index (χ4n) is 4.25. The van der Waals surface area contributed by atoms with Gasteiger partial charge in [0.15, 0.2) is 0 Å². The van der Waals surface area contributed by atoms with Crippen LogP contribution in [0.3, 0.4) is 0 Å². The zero-order valence-electron chi connectivity index (χ0n) is 11.0. The Kier molecular flexibility index (Phi) is 3.69. The molecule has 0 radical (unpaired) electrons. The summed E-state index contributed by atoms with van der Waals surface area (Å²) in [6.07, 6.45) is 8.15. The number of piperidine rings is 1. The molecule has 2 unspecified atom stereocenters. The van der Waals surface area contributed by atoms with Gasteiger partial charge in [-0.25, -0.2) is 0 Å². The Bertz CT molecular complexity index is 239. The van der Waals surface area contributed by atoms with Crippen molar-refractivity contribution in [1.29, 1.82) is 0 Å². The molecule has 3 aliphatic heterocycles. The van der Waals surface area contributed by atoms with Crippen LogP contribution in [0, 0.1) is 0 Å². The van der Waals surface area contributed by atoms with Crippen LogP contribution in [0.5, 0.6) is 0 Å². The molecule has 3 fully saturated rings. The molecule has 1 N–H and O–H groups in total. The Balaban J connectivity index is 1.63.